The number of hydrogen-bond acceptors (Lipinski definition) is 2. The lowest BCUT2D eigenvalue weighted by molar-refractivity contribution is 0.0777. The third-order valence-electron chi connectivity index (χ3n) is 2.41. The zero-order valence-corrected chi connectivity index (χ0v) is 7.45. The molecule has 0 bridgehead atoms. The Hall–Kier alpha value is -1.51. The van der Waals surface area contributed by atoms with Crippen LogP contribution in [0.15, 0.2) is 18.2 Å². The van der Waals surface area contributed by atoms with Gasteiger partial charge in [0.25, 0.3) is 5.91 Å². The first kappa shape index (κ1) is 8.10. The van der Waals surface area contributed by atoms with Crippen molar-refractivity contribution >= 4 is 5.91 Å². The molecule has 68 valence electrons. The average molecular weight is 177 g/mol. The van der Waals surface area contributed by atoms with Gasteiger partial charge in [-0.2, -0.15) is 0 Å². The first-order valence-corrected chi connectivity index (χ1v) is 4.26. The highest BCUT2D eigenvalue weighted by Gasteiger charge is 2.23. The fourth-order valence-electron chi connectivity index (χ4n) is 1.62. The highest BCUT2D eigenvalue weighted by molar-refractivity contribution is 5.99. The summed E-state index contributed by atoms with van der Waals surface area (Å²) in [6.45, 7) is 0.731. The van der Waals surface area contributed by atoms with E-state index < -0.39 is 0 Å². The SMILES string of the molecule is CN1CCc2cccc(O)c2C1=O. The van der Waals surface area contributed by atoms with Crippen LogP contribution in [-0.2, 0) is 6.42 Å². The Kier molecular flexibility index (Phi) is 1.72. The molecular formula is C10H11NO2. The molecule has 1 aliphatic heterocycles. The van der Waals surface area contributed by atoms with Gasteiger partial charge in [0.15, 0.2) is 0 Å². The molecule has 0 atom stereocenters. The van der Waals surface area contributed by atoms with Crippen molar-refractivity contribution in [2.24, 2.45) is 0 Å². The maximum Gasteiger partial charge on any atom is 0.257 e. The zero-order chi connectivity index (χ0) is 9.42. The van der Waals surface area contributed by atoms with Gasteiger partial charge in [-0.25, -0.2) is 0 Å². The molecule has 1 amide bonds. The topological polar surface area (TPSA) is 40.5 Å². The Labute approximate surface area is 76.6 Å². The van der Waals surface area contributed by atoms with Crippen LogP contribution < -0.4 is 0 Å². The van der Waals surface area contributed by atoms with Crippen molar-refractivity contribution < 1.29 is 9.90 Å². The smallest absolute Gasteiger partial charge is 0.257 e. The fraction of sp³-hybridized carbons (Fsp3) is 0.300. The third kappa shape index (κ3) is 1.16. The molecule has 3 nitrogen and oxygen atoms in total. The van der Waals surface area contributed by atoms with Gasteiger partial charge in [0.2, 0.25) is 0 Å². The first-order chi connectivity index (χ1) is 6.20. The predicted octanol–water partition coefficient (Wildman–Crippen LogP) is 1.02. The maximum absolute atomic E-state index is 11.6. The largest absolute Gasteiger partial charge is 0.507 e. The van der Waals surface area contributed by atoms with E-state index in [-0.39, 0.29) is 11.7 Å². The number of fused-ring (bicyclic) bond motifs is 1. The number of rotatable bonds is 0. The number of phenols is 1. The number of carbonyl (C=O) groups is 1. The summed E-state index contributed by atoms with van der Waals surface area (Å²) < 4.78 is 0. The van der Waals surface area contributed by atoms with E-state index >= 15 is 0 Å². The quantitative estimate of drug-likeness (QED) is 0.642. The summed E-state index contributed by atoms with van der Waals surface area (Å²) in [4.78, 5) is 13.2. The van der Waals surface area contributed by atoms with Gasteiger partial charge in [0.1, 0.15) is 5.75 Å². The van der Waals surface area contributed by atoms with Gasteiger partial charge in [0.05, 0.1) is 5.56 Å². The second-order valence-electron chi connectivity index (χ2n) is 3.29. The fourth-order valence-corrected chi connectivity index (χ4v) is 1.62. The summed E-state index contributed by atoms with van der Waals surface area (Å²) >= 11 is 0. The Morgan fingerprint density at radius 1 is 1.46 bits per heavy atom. The minimum atomic E-state index is -0.0839. The van der Waals surface area contributed by atoms with Gasteiger partial charge in [0, 0.05) is 13.6 Å². The second-order valence-corrected chi connectivity index (χ2v) is 3.29. The molecule has 1 aromatic rings. The highest BCUT2D eigenvalue weighted by Crippen LogP contribution is 2.25. The van der Waals surface area contributed by atoms with Crippen molar-refractivity contribution in [2.75, 3.05) is 13.6 Å². The number of hydrogen-bond donors (Lipinski definition) is 1. The molecule has 0 radical (unpaired) electrons. The van der Waals surface area contributed by atoms with Gasteiger partial charge in [-0.15, -0.1) is 0 Å². The monoisotopic (exact) mass is 177 g/mol. The van der Waals surface area contributed by atoms with Gasteiger partial charge in [-0.05, 0) is 18.1 Å². The van der Waals surface area contributed by atoms with E-state index in [0.29, 0.717) is 5.56 Å². The molecule has 0 saturated carbocycles. The van der Waals surface area contributed by atoms with Gasteiger partial charge >= 0.3 is 0 Å². The molecule has 0 unspecified atom stereocenters. The molecule has 2 rings (SSSR count). The Morgan fingerprint density at radius 2 is 2.23 bits per heavy atom. The molecule has 0 aromatic heterocycles. The molecule has 1 heterocycles. The van der Waals surface area contributed by atoms with Crippen LogP contribution in [0.3, 0.4) is 0 Å². The van der Waals surface area contributed by atoms with Gasteiger partial charge in [-0.1, -0.05) is 12.1 Å². The van der Waals surface area contributed by atoms with Gasteiger partial charge < -0.3 is 10.0 Å². The standard InChI is InChI=1S/C10H11NO2/c1-11-6-5-7-3-2-4-8(12)9(7)10(11)13/h2-4,12H,5-6H2,1H3. The Morgan fingerprint density at radius 3 is 3.00 bits per heavy atom. The normalized spacial score (nSPS) is 15.8. The van der Waals surface area contributed by atoms with E-state index in [9.17, 15) is 9.90 Å². The van der Waals surface area contributed by atoms with Crippen molar-refractivity contribution in [3.05, 3.63) is 29.3 Å². The van der Waals surface area contributed by atoms with Crippen LogP contribution in [0, 0.1) is 0 Å². The van der Waals surface area contributed by atoms with E-state index in [0.717, 1.165) is 18.5 Å². The van der Waals surface area contributed by atoms with Crippen molar-refractivity contribution in [1.82, 2.24) is 4.90 Å². The van der Waals surface area contributed by atoms with E-state index in [1.807, 2.05) is 6.07 Å². The summed E-state index contributed by atoms with van der Waals surface area (Å²) in [5, 5.41) is 9.50. The molecule has 0 aliphatic carbocycles. The van der Waals surface area contributed by atoms with Crippen LogP contribution in [-0.4, -0.2) is 29.5 Å². The molecule has 1 aliphatic rings. The number of aromatic hydroxyl groups is 1. The molecule has 3 heteroatoms. The second kappa shape index (κ2) is 2.76. The summed E-state index contributed by atoms with van der Waals surface area (Å²) in [6.07, 6.45) is 0.825. The average Bonchev–Trinajstić information content (AvgIpc) is 2.12. The van der Waals surface area contributed by atoms with Crippen LogP contribution >= 0.6 is 0 Å². The van der Waals surface area contributed by atoms with Crippen LogP contribution in [0.1, 0.15) is 15.9 Å². The van der Waals surface area contributed by atoms with Crippen molar-refractivity contribution in [1.29, 1.82) is 0 Å². The minimum Gasteiger partial charge on any atom is -0.507 e. The number of phenolic OH excluding ortho intramolecular Hbond substituents is 1. The predicted molar refractivity (Wildman–Crippen MR) is 48.8 cm³/mol. The molecule has 1 N–H and O–H groups in total. The van der Waals surface area contributed by atoms with Gasteiger partial charge in [-0.3, -0.25) is 4.79 Å². The Bertz CT molecular complexity index is 360. The molecule has 0 saturated heterocycles. The summed E-state index contributed by atoms with van der Waals surface area (Å²) in [6, 6.07) is 5.21. The number of benzene rings is 1. The molecular weight excluding hydrogens is 166 g/mol. The zero-order valence-electron chi connectivity index (χ0n) is 7.45. The lowest BCUT2D eigenvalue weighted by Gasteiger charge is -2.24. The number of nitrogens with zero attached hydrogens (tertiary/aromatic N) is 1. The first-order valence-electron chi connectivity index (χ1n) is 4.26. The highest BCUT2D eigenvalue weighted by atomic mass is 16.3. The molecule has 0 spiro atoms. The maximum atomic E-state index is 11.6. The van der Waals surface area contributed by atoms with Crippen LogP contribution in [0.4, 0.5) is 0 Å². The number of carbonyl (C=O) groups excluding carboxylic acids is 1. The summed E-state index contributed by atoms with van der Waals surface area (Å²) in [7, 11) is 1.75. The number of amides is 1. The number of likely N-dealkylation sites (N-methyl/N-ethyl adjacent to an activating group) is 1. The van der Waals surface area contributed by atoms with Crippen molar-refractivity contribution in [3.8, 4) is 5.75 Å². The Balaban J connectivity index is 2.57. The van der Waals surface area contributed by atoms with Crippen LogP contribution in [0.5, 0.6) is 5.75 Å². The summed E-state index contributed by atoms with van der Waals surface area (Å²) in [5.41, 5.74) is 1.42. The minimum absolute atomic E-state index is 0.0839. The van der Waals surface area contributed by atoms with E-state index in [1.54, 1.807) is 24.1 Å². The van der Waals surface area contributed by atoms with E-state index in [1.165, 1.54) is 0 Å². The summed E-state index contributed by atoms with van der Waals surface area (Å²) in [5.74, 6) is 0.00778. The van der Waals surface area contributed by atoms with Crippen LogP contribution in [0.2, 0.25) is 0 Å². The van der Waals surface area contributed by atoms with Crippen LogP contribution in [0.25, 0.3) is 0 Å². The third-order valence-corrected chi connectivity index (χ3v) is 2.41. The molecule has 1 aromatic carbocycles. The molecule has 13 heavy (non-hydrogen) atoms. The van der Waals surface area contributed by atoms with E-state index in [2.05, 4.69) is 0 Å². The lowest BCUT2D eigenvalue weighted by atomic mass is 9.99. The van der Waals surface area contributed by atoms with E-state index in [4.69, 9.17) is 0 Å². The lowest BCUT2D eigenvalue weighted by Crippen LogP contribution is -2.34. The van der Waals surface area contributed by atoms with Crippen molar-refractivity contribution in [3.63, 3.8) is 0 Å². The van der Waals surface area contributed by atoms with Crippen molar-refractivity contribution in [2.45, 2.75) is 6.42 Å². The molecule has 0 fully saturated rings.